The Labute approximate surface area is 165 Å². The van der Waals surface area contributed by atoms with E-state index >= 15 is 0 Å². The highest BCUT2D eigenvalue weighted by Crippen LogP contribution is 2.28. The number of imidazole rings is 1. The minimum atomic E-state index is -0.118. The molecule has 2 N–H and O–H groups in total. The van der Waals surface area contributed by atoms with E-state index in [-0.39, 0.29) is 5.91 Å². The number of hydrogen-bond acceptors (Lipinski definition) is 4. The summed E-state index contributed by atoms with van der Waals surface area (Å²) >= 11 is 0. The number of carbonyl (C=O) groups is 1. The van der Waals surface area contributed by atoms with E-state index in [0.717, 1.165) is 36.1 Å². The lowest BCUT2D eigenvalue weighted by Crippen LogP contribution is -2.24. The number of nitrogens with zero attached hydrogens (tertiary/aromatic N) is 1. The van der Waals surface area contributed by atoms with Crippen LogP contribution < -0.4 is 14.8 Å². The van der Waals surface area contributed by atoms with Crippen LogP contribution in [-0.2, 0) is 6.42 Å². The first-order valence-electron chi connectivity index (χ1n) is 9.82. The van der Waals surface area contributed by atoms with Crippen molar-refractivity contribution in [3.63, 3.8) is 0 Å². The predicted molar refractivity (Wildman–Crippen MR) is 110 cm³/mol. The quantitative estimate of drug-likeness (QED) is 0.518. The zero-order valence-corrected chi connectivity index (χ0v) is 16.5. The Bertz CT molecular complexity index is 887. The summed E-state index contributed by atoms with van der Waals surface area (Å²) in [6, 6.07) is 13.3. The van der Waals surface area contributed by atoms with E-state index in [0.29, 0.717) is 36.8 Å². The lowest BCUT2D eigenvalue weighted by Gasteiger charge is -2.13. The second kappa shape index (κ2) is 9.78. The third-order valence-corrected chi connectivity index (χ3v) is 4.28. The molecule has 0 saturated carbocycles. The highest BCUT2D eigenvalue weighted by atomic mass is 16.5. The fourth-order valence-electron chi connectivity index (χ4n) is 2.93. The first-order chi connectivity index (χ1) is 13.7. The highest BCUT2D eigenvalue weighted by molar-refractivity contribution is 5.94. The van der Waals surface area contributed by atoms with Gasteiger partial charge in [-0.25, -0.2) is 4.98 Å². The van der Waals surface area contributed by atoms with Crippen molar-refractivity contribution in [3.05, 3.63) is 53.9 Å². The van der Waals surface area contributed by atoms with Gasteiger partial charge >= 0.3 is 0 Å². The van der Waals surface area contributed by atoms with Crippen LogP contribution in [0.1, 0.15) is 42.9 Å². The number of aromatic nitrogens is 2. The smallest absolute Gasteiger partial charge is 0.251 e. The van der Waals surface area contributed by atoms with Gasteiger partial charge in [0.1, 0.15) is 5.82 Å². The zero-order valence-electron chi connectivity index (χ0n) is 16.5. The molecule has 1 heterocycles. The van der Waals surface area contributed by atoms with Crippen molar-refractivity contribution < 1.29 is 14.3 Å². The fraction of sp³-hybridized carbons (Fsp3) is 0.364. The van der Waals surface area contributed by atoms with E-state index in [1.165, 1.54) is 0 Å². The van der Waals surface area contributed by atoms with Crippen molar-refractivity contribution in [2.75, 3.05) is 19.8 Å². The minimum absolute atomic E-state index is 0.118. The molecule has 0 aliphatic rings. The summed E-state index contributed by atoms with van der Waals surface area (Å²) in [7, 11) is 0. The summed E-state index contributed by atoms with van der Waals surface area (Å²) in [6.45, 7) is 5.67. The van der Waals surface area contributed by atoms with Crippen molar-refractivity contribution in [3.8, 4) is 11.5 Å². The lowest BCUT2D eigenvalue weighted by molar-refractivity contribution is 0.0952. The van der Waals surface area contributed by atoms with E-state index in [1.54, 1.807) is 18.2 Å². The lowest BCUT2D eigenvalue weighted by atomic mass is 10.2. The van der Waals surface area contributed by atoms with Crippen molar-refractivity contribution >= 4 is 16.9 Å². The molecule has 0 atom stereocenters. The van der Waals surface area contributed by atoms with Gasteiger partial charge in [0.25, 0.3) is 5.91 Å². The van der Waals surface area contributed by atoms with Crippen LogP contribution in [0.5, 0.6) is 11.5 Å². The van der Waals surface area contributed by atoms with Crippen molar-refractivity contribution in [1.29, 1.82) is 0 Å². The average molecular weight is 381 g/mol. The van der Waals surface area contributed by atoms with E-state index in [9.17, 15) is 4.79 Å². The standard InChI is InChI=1S/C22H27N3O3/c1-3-14-28-19-12-11-16(15-20(19)27-4-2)22(26)23-13-7-10-21-24-17-8-5-6-9-18(17)25-21/h5-6,8-9,11-12,15H,3-4,7,10,13-14H2,1-2H3,(H,23,26)(H,24,25). The van der Waals surface area contributed by atoms with Crippen molar-refractivity contribution in [2.24, 2.45) is 0 Å². The largest absolute Gasteiger partial charge is 0.490 e. The summed E-state index contributed by atoms with van der Waals surface area (Å²) in [5.41, 5.74) is 2.57. The molecule has 0 aliphatic carbocycles. The molecule has 0 saturated heterocycles. The average Bonchev–Trinajstić information content (AvgIpc) is 3.13. The molecule has 0 aliphatic heterocycles. The number of nitrogens with one attached hydrogen (secondary N) is 2. The Morgan fingerprint density at radius 2 is 1.96 bits per heavy atom. The molecule has 3 rings (SSSR count). The van der Waals surface area contributed by atoms with Gasteiger partial charge in [0.15, 0.2) is 11.5 Å². The van der Waals surface area contributed by atoms with Crippen molar-refractivity contribution in [1.82, 2.24) is 15.3 Å². The number of H-pyrrole nitrogens is 1. The molecule has 6 heteroatoms. The number of rotatable bonds is 10. The van der Waals surface area contributed by atoms with E-state index < -0.39 is 0 Å². The maximum absolute atomic E-state index is 12.4. The van der Waals surface area contributed by atoms with Crippen LogP contribution in [0, 0.1) is 0 Å². The number of carbonyl (C=O) groups excluding carboxylic acids is 1. The molecular weight excluding hydrogens is 354 g/mol. The van der Waals surface area contributed by atoms with Crippen LogP contribution in [0.2, 0.25) is 0 Å². The van der Waals surface area contributed by atoms with Crippen molar-refractivity contribution in [2.45, 2.75) is 33.1 Å². The molecule has 6 nitrogen and oxygen atoms in total. The Morgan fingerprint density at radius 1 is 1.11 bits per heavy atom. The number of benzene rings is 2. The molecule has 0 spiro atoms. The van der Waals surface area contributed by atoms with Gasteiger partial charge in [-0.05, 0) is 50.1 Å². The van der Waals surface area contributed by atoms with E-state index in [4.69, 9.17) is 9.47 Å². The number of fused-ring (bicyclic) bond motifs is 1. The third kappa shape index (κ3) is 5.03. The van der Waals surface area contributed by atoms with Gasteiger partial charge in [0, 0.05) is 18.5 Å². The van der Waals surface area contributed by atoms with Gasteiger partial charge in [0.2, 0.25) is 0 Å². The number of hydrogen-bond donors (Lipinski definition) is 2. The second-order valence-corrected chi connectivity index (χ2v) is 6.50. The Hall–Kier alpha value is -3.02. The maximum atomic E-state index is 12.4. The summed E-state index contributed by atoms with van der Waals surface area (Å²) in [5.74, 6) is 2.09. The molecule has 3 aromatic rings. The molecule has 148 valence electrons. The number of ether oxygens (including phenoxy) is 2. The van der Waals surface area contributed by atoms with E-state index in [1.807, 2.05) is 38.1 Å². The van der Waals surface area contributed by atoms with Crippen LogP contribution in [0.3, 0.4) is 0 Å². The Balaban J connectivity index is 1.53. The molecule has 0 fully saturated rings. The van der Waals surface area contributed by atoms with Crippen LogP contribution in [-0.4, -0.2) is 35.6 Å². The normalized spacial score (nSPS) is 10.8. The van der Waals surface area contributed by atoms with Gasteiger partial charge < -0.3 is 19.8 Å². The Kier molecular flexibility index (Phi) is 6.89. The van der Waals surface area contributed by atoms with Gasteiger partial charge in [-0.1, -0.05) is 19.1 Å². The fourth-order valence-corrected chi connectivity index (χ4v) is 2.93. The van der Waals surface area contributed by atoms with Gasteiger partial charge in [-0.3, -0.25) is 4.79 Å². The highest BCUT2D eigenvalue weighted by Gasteiger charge is 2.11. The van der Waals surface area contributed by atoms with Crippen LogP contribution in [0.25, 0.3) is 11.0 Å². The number of aryl methyl sites for hydroxylation is 1. The monoisotopic (exact) mass is 381 g/mol. The molecule has 1 amide bonds. The molecule has 1 aromatic heterocycles. The minimum Gasteiger partial charge on any atom is -0.490 e. The SMILES string of the molecule is CCCOc1ccc(C(=O)NCCCc2nc3ccccc3[nH]2)cc1OCC. The molecule has 2 aromatic carbocycles. The molecule has 0 bridgehead atoms. The van der Waals surface area contributed by atoms with Crippen LogP contribution in [0.15, 0.2) is 42.5 Å². The number of amides is 1. The summed E-state index contributed by atoms with van der Waals surface area (Å²) in [4.78, 5) is 20.3. The first kappa shape index (κ1) is 19.7. The van der Waals surface area contributed by atoms with Gasteiger partial charge in [-0.15, -0.1) is 0 Å². The zero-order chi connectivity index (χ0) is 19.8. The summed E-state index contributed by atoms with van der Waals surface area (Å²) in [6.07, 6.45) is 2.50. The maximum Gasteiger partial charge on any atom is 0.251 e. The first-order valence-corrected chi connectivity index (χ1v) is 9.82. The molecule has 0 unspecified atom stereocenters. The van der Waals surface area contributed by atoms with Gasteiger partial charge in [0.05, 0.1) is 24.2 Å². The van der Waals surface area contributed by atoms with Crippen LogP contribution in [0.4, 0.5) is 0 Å². The summed E-state index contributed by atoms with van der Waals surface area (Å²) < 4.78 is 11.3. The van der Waals surface area contributed by atoms with Gasteiger partial charge in [-0.2, -0.15) is 0 Å². The third-order valence-electron chi connectivity index (χ3n) is 4.28. The number of para-hydroxylation sites is 2. The second-order valence-electron chi connectivity index (χ2n) is 6.50. The predicted octanol–water partition coefficient (Wildman–Crippen LogP) is 4.11. The van der Waals surface area contributed by atoms with Crippen LogP contribution >= 0.6 is 0 Å². The molecule has 28 heavy (non-hydrogen) atoms. The Morgan fingerprint density at radius 3 is 2.75 bits per heavy atom. The summed E-state index contributed by atoms with van der Waals surface area (Å²) in [5, 5.41) is 2.96. The molecular formula is C22H27N3O3. The number of aromatic amines is 1. The molecule has 0 radical (unpaired) electrons. The topological polar surface area (TPSA) is 76.2 Å². The van der Waals surface area contributed by atoms with E-state index in [2.05, 4.69) is 15.3 Å².